The number of alkyl carbamates (subject to hydrolysis) is 1. The lowest BCUT2D eigenvalue weighted by molar-refractivity contribution is -0.142. The number of carbonyl (C=O) groups is 3. The average Bonchev–Trinajstić information content (AvgIpc) is 2.88. The molecule has 0 spiro atoms. The highest BCUT2D eigenvalue weighted by molar-refractivity contribution is 7.98. The van der Waals surface area contributed by atoms with Gasteiger partial charge in [0.1, 0.15) is 17.7 Å². The molecular weight excluding hydrogens is 510 g/mol. The summed E-state index contributed by atoms with van der Waals surface area (Å²) in [5, 5.41) is 5.84. The van der Waals surface area contributed by atoms with Crippen LogP contribution in [0, 0.1) is 13.8 Å². The van der Waals surface area contributed by atoms with Gasteiger partial charge in [0.25, 0.3) is 0 Å². The molecule has 8 heteroatoms. The highest BCUT2D eigenvalue weighted by atomic mass is 32.2. The number of benzene rings is 2. The number of carbonyl (C=O) groups excluding carboxylic acids is 3. The van der Waals surface area contributed by atoms with Crippen LogP contribution >= 0.6 is 11.8 Å². The lowest BCUT2D eigenvalue weighted by Crippen LogP contribution is -2.53. The van der Waals surface area contributed by atoms with Gasteiger partial charge in [-0.05, 0) is 81.7 Å². The third-order valence-corrected chi connectivity index (χ3v) is 7.00. The summed E-state index contributed by atoms with van der Waals surface area (Å²) >= 11 is 1.60. The molecule has 0 aliphatic carbocycles. The van der Waals surface area contributed by atoms with Crippen molar-refractivity contribution < 1.29 is 19.1 Å². The molecule has 0 fully saturated rings. The van der Waals surface area contributed by atoms with E-state index in [0.717, 1.165) is 35.1 Å². The van der Waals surface area contributed by atoms with E-state index in [0.29, 0.717) is 25.3 Å². The van der Waals surface area contributed by atoms with Crippen LogP contribution in [0.1, 0.15) is 75.3 Å². The van der Waals surface area contributed by atoms with E-state index in [4.69, 9.17) is 4.74 Å². The largest absolute Gasteiger partial charge is 0.444 e. The summed E-state index contributed by atoms with van der Waals surface area (Å²) in [6.07, 6.45) is 3.31. The van der Waals surface area contributed by atoms with Crippen molar-refractivity contribution in [3.8, 4) is 0 Å². The smallest absolute Gasteiger partial charge is 0.408 e. The topological polar surface area (TPSA) is 87.7 Å². The molecule has 0 aromatic heterocycles. The first kappa shape index (κ1) is 32.2. The number of nitrogens with zero attached hydrogens (tertiary/aromatic N) is 1. The molecule has 2 aromatic rings. The van der Waals surface area contributed by atoms with Crippen LogP contribution in [0.5, 0.6) is 0 Å². The Bertz CT molecular complexity index is 1080. The maximum atomic E-state index is 14.2. The summed E-state index contributed by atoms with van der Waals surface area (Å²) in [6.45, 7) is 12.2. The summed E-state index contributed by atoms with van der Waals surface area (Å²) in [6, 6.07) is 13.9. The van der Waals surface area contributed by atoms with Gasteiger partial charge in [0.2, 0.25) is 11.8 Å². The number of amides is 3. The standard InChI is InChI=1S/C31H45N3O4S/c1-8-9-18-34(29(36)26(17-19-39-7)33-30(37)38-31(4,5)6)27(25-16-15-22(2)23(3)20-25)28(35)32-21-24-13-11-10-12-14-24/h10-16,20,26-27H,8-9,17-19,21H2,1-7H3,(H,32,35)(H,33,37). The van der Waals surface area contributed by atoms with Crippen molar-refractivity contribution in [2.45, 2.75) is 85.0 Å². The van der Waals surface area contributed by atoms with Gasteiger partial charge in [-0.1, -0.05) is 61.9 Å². The maximum absolute atomic E-state index is 14.2. The van der Waals surface area contributed by atoms with Crippen LogP contribution in [0.15, 0.2) is 48.5 Å². The summed E-state index contributed by atoms with van der Waals surface area (Å²) in [4.78, 5) is 42.3. The summed E-state index contributed by atoms with van der Waals surface area (Å²) in [7, 11) is 0. The molecular formula is C31H45N3O4S. The number of nitrogens with one attached hydrogen (secondary N) is 2. The first-order valence-electron chi connectivity index (χ1n) is 13.6. The van der Waals surface area contributed by atoms with E-state index in [9.17, 15) is 14.4 Å². The summed E-state index contributed by atoms with van der Waals surface area (Å²) < 4.78 is 5.46. The molecule has 0 bridgehead atoms. The van der Waals surface area contributed by atoms with Crippen molar-refractivity contribution in [2.75, 3.05) is 18.6 Å². The highest BCUT2D eigenvalue weighted by Crippen LogP contribution is 2.26. The Labute approximate surface area is 238 Å². The van der Waals surface area contributed by atoms with Crippen molar-refractivity contribution in [2.24, 2.45) is 0 Å². The fourth-order valence-corrected chi connectivity index (χ4v) is 4.60. The van der Waals surface area contributed by atoms with Crippen molar-refractivity contribution in [3.63, 3.8) is 0 Å². The Kier molecular flexibility index (Phi) is 12.8. The normalized spacial score (nSPS) is 12.8. The van der Waals surface area contributed by atoms with Crippen LogP contribution in [0.2, 0.25) is 0 Å². The molecule has 3 amide bonds. The van der Waals surface area contributed by atoms with Gasteiger partial charge in [0.15, 0.2) is 0 Å². The molecule has 2 N–H and O–H groups in total. The molecule has 214 valence electrons. The molecule has 2 aromatic carbocycles. The molecule has 0 saturated heterocycles. The first-order valence-corrected chi connectivity index (χ1v) is 15.0. The second-order valence-corrected chi connectivity index (χ2v) is 11.8. The van der Waals surface area contributed by atoms with Crippen LogP contribution in [0.25, 0.3) is 0 Å². The zero-order valence-corrected chi connectivity index (χ0v) is 25.3. The van der Waals surface area contributed by atoms with Gasteiger partial charge < -0.3 is 20.3 Å². The zero-order chi connectivity index (χ0) is 29.0. The third-order valence-electron chi connectivity index (χ3n) is 6.35. The van der Waals surface area contributed by atoms with Gasteiger partial charge >= 0.3 is 6.09 Å². The van der Waals surface area contributed by atoms with E-state index in [-0.39, 0.29) is 11.8 Å². The molecule has 0 radical (unpaired) electrons. The van der Waals surface area contributed by atoms with E-state index >= 15 is 0 Å². The molecule has 0 saturated carbocycles. The fourth-order valence-electron chi connectivity index (χ4n) is 4.13. The van der Waals surface area contributed by atoms with E-state index < -0.39 is 23.8 Å². The van der Waals surface area contributed by atoms with E-state index in [1.807, 2.05) is 75.6 Å². The van der Waals surface area contributed by atoms with Crippen LogP contribution in [-0.4, -0.2) is 53.0 Å². The monoisotopic (exact) mass is 555 g/mol. The van der Waals surface area contributed by atoms with E-state index in [1.54, 1.807) is 37.4 Å². The predicted molar refractivity (Wildman–Crippen MR) is 160 cm³/mol. The van der Waals surface area contributed by atoms with Crippen LogP contribution < -0.4 is 10.6 Å². The second-order valence-electron chi connectivity index (χ2n) is 10.8. The van der Waals surface area contributed by atoms with Gasteiger partial charge in [-0.2, -0.15) is 11.8 Å². The highest BCUT2D eigenvalue weighted by Gasteiger charge is 2.36. The molecule has 39 heavy (non-hydrogen) atoms. The summed E-state index contributed by atoms with van der Waals surface area (Å²) in [5.74, 6) is 0.122. The second kappa shape index (κ2) is 15.6. The number of ether oxygens (including phenoxy) is 1. The Morgan fingerprint density at radius 1 is 1.03 bits per heavy atom. The van der Waals surface area contributed by atoms with Gasteiger partial charge in [-0.3, -0.25) is 9.59 Å². The molecule has 0 aliphatic heterocycles. The minimum absolute atomic E-state index is 0.257. The fraction of sp³-hybridized carbons (Fsp3) is 0.516. The third kappa shape index (κ3) is 10.6. The SMILES string of the molecule is CCCCN(C(=O)C(CCSC)NC(=O)OC(C)(C)C)C(C(=O)NCc1ccccc1)c1ccc(C)c(C)c1. The molecule has 0 aliphatic rings. The van der Waals surface area contributed by atoms with Crippen molar-refractivity contribution in [1.82, 2.24) is 15.5 Å². The number of aryl methyl sites for hydroxylation is 2. The minimum Gasteiger partial charge on any atom is -0.444 e. The molecule has 2 atom stereocenters. The Morgan fingerprint density at radius 2 is 1.72 bits per heavy atom. The Balaban J connectivity index is 2.47. The molecule has 2 unspecified atom stereocenters. The Hall–Kier alpha value is -3.00. The predicted octanol–water partition coefficient (Wildman–Crippen LogP) is 5.94. The van der Waals surface area contributed by atoms with Crippen molar-refractivity contribution in [1.29, 1.82) is 0 Å². The lowest BCUT2D eigenvalue weighted by atomic mass is 9.97. The van der Waals surface area contributed by atoms with Gasteiger partial charge in [-0.15, -0.1) is 0 Å². The van der Waals surface area contributed by atoms with Crippen molar-refractivity contribution >= 4 is 29.7 Å². The molecule has 7 nitrogen and oxygen atoms in total. The zero-order valence-electron chi connectivity index (χ0n) is 24.5. The Morgan fingerprint density at radius 3 is 2.31 bits per heavy atom. The van der Waals surface area contributed by atoms with E-state index in [1.165, 1.54) is 0 Å². The maximum Gasteiger partial charge on any atom is 0.408 e. The van der Waals surface area contributed by atoms with E-state index in [2.05, 4.69) is 10.6 Å². The number of unbranched alkanes of at least 4 members (excludes halogenated alkanes) is 1. The average molecular weight is 556 g/mol. The molecule has 0 heterocycles. The molecule has 2 rings (SSSR count). The number of hydrogen-bond acceptors (Lipinski definition) is 5. The van der Waals surface area contributed by atoms with Gasteiger partial charge in [0, 0.05) is 13.1 Å². The van der Waals surface area contributed by atoms with Crippen LogP contribution in [0.4, 0.5) is 4.79 Å². The minimum atomic E-state index is -0.843. The van der Waals surface area contributed by atoms with Gasteiger partial charge in [0.05, 0.1) is 0 Å². The van der Waals surface area contributed by atoms with Crippen LogP contribution in [-0.2, 0) is 20.9 Å². The number of hydrogen-bond donors (Lipinski definition) is 2. The quantitative estimate of drug-likeness (QED) is 0.320. The van der Waals surface area contributed by atoms with Crippen molar-refractivity contribution in [3.05, 3.63) is 70.8 Å². The number of thioether (sulfide) groups is 1. The summed E-state index contributed by atoms with van der Waals surface area (Å²) in [5.41, 5.74) is 3.17. The van der Waals surface area contributed by atoms with Crippen LogP contribution in [0.3, 0.4) is 0 Å². The van der Waals surface area contributed by atoms with Gasteiger partial charge in [-0.25, -0.2) is 4.79 Å². The first-order chi connectivity index (χ1) is 18.5. The lowest BCUT2D eigenvalue weighted by Gasteiger charge is -2.35. The number of rotatable bonds is 13.